The second kappa shape index (κ2) is 5.41. The van der Waals surface area contributed by atoms with Crippen LogP contribution in [0.1, 0.15) is 45.8 Å². The van der Waals surface area contributed by atoms with E-state index in [0.29, 0.717) is 0 Å². The van der Waals surface area contributed by atoms with Gasteiger partial charge in [0.05, 0.1) is 0 Å². The van der Waals surface area contributed by atoms with Crippen molar-refractivity contribution in [2.45, 2.75) is 45.6 Å². The van der Waals surface area contributed by atoms with Crippen molar-refractivity contribution < 1.29 is 0 Å². The molecule has 2 aromatic carbocycles. The Morgan fingerprint density at radius 2 is 1.80 bits per heavy atom. The summed E-state index contributed by atoms with van der Waals surface area (Å²) < 4.78 is 0. The summed E-state index contributed by atoms with van der Waals surface area (Å²) in [5, 5.41) is 0. The van der Waals surface area contributed by atoms with E-state index in [4.69, 9.17) is 5.73 Å². The Hall–Kier alpha value is -1.60. The predicted molar refractivity (Wildman–Crippen MR) is 85.0 cm³/mol. The Morgan fingerprint density at radius 3 is 2.65 bits per heavy atom. The Bertz CT molecular complexity index is 628. The van der Waals surface area contributed by atoms with E-state index in [2.05, 4.69) is 50.2 Å². The van der Waals surface area contributed by atoms with Gasteiger partial charge in [0.25, 0.3) is 0 Å². The van der Waals surface area contributed by atoms with Crippen LogP contribution < -0.4 is 5.73 Å². The molecule has 0 radical (unpaired) electrons. The molecule has 20 heavy (non-hydrogen) atoms. The molecule has 1 aliphatic carbocycles. The highest BCUT2D eigenvalue weighted by Gasteiger charge is 2.14. The lowest BCUT2D eigenvalue weighted by atomic mass is 9.94. The van der Waals surface area contributed by atoms with Crippen LogP contribution in [0.5, 0.6) is 0 Å². The van der Waals surface area contributed by atoms with E-state index < -0.39 is 0 Å². The summed E-state index contributed by atoms with van der Waals surface area (Å²) >= 11 is 0. The van der Waals surface area contributed by atoms with Crippen LogP contribution in [0.25, 0.3) is 0 Å². The van der Waals surface area contributed by atoms with E-state index in [1.807, 2.05) is 0 Å². The second-order valence-corrected chi connectivity index (χ2v) is 6.12. The largest absolute Gasteiger partial charge is 0.324 e. The van der Waals surface area contributed by atoms with Crippen molar-refractivity contribution in [3.63, 3.8) is 0 Å². The number of hydrogen-bond acceptors (Lipinski definition) is 1. The van der Waals surface area contributed by atoms with Crippen LogP contribution >= 0.6 is 0 Å². The predicted octanol–water partition coefficient (Wildman–Crippen LogP) is 4.03. The molecule has 2 aromatic rings. The second-order valence-electron chi connectivity index (χ2n) is 6.12. The highest BCUT2D eigenvalue weighted by molar-refractivity contribution is 5.38. The van der Waals surface area contributed by atoms with Gasteiger partial charge in [-0.25, -0.2) is 0 Å². The van der Waals surface area contributed by atoms with Crippen LogP contribution in [-0.2, 0) is 19.3 Å². The van der Waals surface area contributed by atoms with E-state index >= 15 is 0 Å². The average molecular weight is 265 g/mol. The lowest BCUT2D eigenvalue weighted by molar-refractivity contribution is 0.717. The van der Waals surface area contributed by atoms with Crippen LogP contribution in [0.3, 0.4) is 0 Å². The maximum absolute atomic E-state index is 6.44. The minimum atomic E-state index is 0.0985. The Morgan fingerprint density at radius 1 is 1.00 bits per heavy atom. The van der Waals surface area contributed by atoms with Crippen molar-refractivity contribution in [1.82, 2.24) is 0 Å². The molecule has 1 atom stereocenters. The molecular weight excluding hydrogens is 242 g/mol. The number of hydrogen-bond donors (Lipinski definition) is 1. The van der Waals surface area contributed by atoms with Crippen LogP contribution in [0.15, 0.2) is 36.4 Å². The highest BCUT2D eigenvalue weighted by Crippen LogP contribution is 2.26. The molecule has 0 amide bonds. The average Bonchev–Trinajstić information content (AvgIpc) is 2.90. The maximum Gasteiger partial charge on any atom is 0.0335 e. The van der Waals surface area contributed by atoms with Gasteiger partial charge in [-0.15, -0.1) is 0 Å². The maximum atomic E-state index is 6.44. The summed E-state index contributed by atoms with van der Waals surface area (Å²) in [6.07, 6.45) is 4.68. The summed E-state index contributed by atoms with van der Waals surface area (Å²) in [7, 11) is 0. The van der Waals surface area contributed by atoms with Crippen molar-refractivity contribution in [2.75, 3.05) is 0 Å². The molecule has 1 nitrogen and oxygen atoms in total. The first kappa shape index (κ1) is 13.4. The zero-order valence-corrected chi connectivity index (χ0v) is 12.4. The van der Waals surface area contributed by atoms with Crippen LogP contribution in [-0.4, -0.2) is 0 Å². The number of benzene rings is 2. The third-order valence-electron chi connectivity index (χ3n) is 4.50. The number of rotatable bonds is 3. The quantitative estimate of drug-likeness (QED) is 0.890. The molecular formula is C19H23N. The molecule has 1 aliphatic rings. The van der Waals surface area contributed by atoms with Crippen molar-refractivity contribution in [3.05, 3.63) is 69.8 Å². The molecule has 0 heterocycles. The van der Waals surface area contributed by atoms with Gasteiger partial charge in [-0.05, 0) is 67.3 Å². The molecule has 0 saturated carbocycles. The van der Waals surface area contributed by atoms with Crippen molar-refractivity contribution in [3.8, 4) is 0 Å². The Balaban J connectivity index is 1.82. The van der Waals surface area contributed by atoms with E-state index in [-0.39, 0.29) is 6.04 Å². The fourth-order valence-electron chi connectivity index (χ4n) is 3.20. The molecule has 1 unspecified atom stereocenters. The fourth-order valence-corrected chi connectivity index (χ4v) is 3.20. The van der Waals surface area contributed by atoms with E-state index in [9.17, 15) is 0 Å². The number of nitrogens with two attached hydrogens (primary N) is 1. The first-order valence-electron chi connectivity index (χ1n) is 7.57. The zero-order chi connectivity index (χ0) is 14.1. The van der Waals surface area contributed by atoms with Crippen LogP contribution in [0.2, 0.25) is 0 Å². The molecule has 3 rings (SSSR count). The zero-order valence-electron chi connectivity index (χ0n) is 12.4. The number of aryl methyl sites for hydroxylation is 4. The molecule has 0 spiro atoms. The van der Waals surface area contributed by atoms with E-state index in [1.54, 1.807) is 0 Å². The summed E-state index contributed by atoms with van der Waals surface area (Å²) in [6, 6.07) is 13.6. The van der Waals surface area contributed by atoms with Crippen molar-refractivity contribution >= 4 is 0 Å². The molecule has 0 fully saturated rings. The minimum Gasteiger partial charge on any atom is -0.324 e. The summed E-state index contributed by atoms with van der Waals surface area (Å²) in [4.78, 5) is 0. The SMILES string of the molecule is Cc1ccc(C)c(CC(N)c2ccc3c(c2)CCC3)c1. The fraction of sp³-hybridized carbons (Fsp3) is 0.368. The summed E-state index contributed by atoms with van der Waals surface area (Å²) in [5.41, 5.74) is 14.8. The van der Waals surface area contributed by atoms with Gasteiger partial charge < -0.3 is 5.73 Å². The molecule has 1 heteroatoms. The van der Waals surface area contributed by atoms with Crippen molar-refractivity contribution in [1.29, 1.82) is 0 Å². The van der Waals surface area contributed by atoms with Gasteiger partial charge in [0.15, 0.2) is 0 Å². The van der Waals surface area contributed by atoms with Gasteiger partial charge in [0.1, 0.15) is 0 Å². The molecule has 0 saturated heterocycles. The van der Waals surface area contributed by atoms with E-state index in [1.165, 1.54) is 52.6 Å². The summed E-state index contributed by atoms with van der Waals surface area (Å²) in [5.74, 6) is 0. The topological polar surface area (TPSA) is 26.0 Å². The molecule has 2 N–H and O–H groups in total. The van der Waals surface area contributed by atoms with E-state index in [0.717, 1.165) is 6.42 Å². The van der Waals surface area contributed by atoms with Gasteiger partial charge >= 0.3 is 0 Å². The standard InChI is InChI=1S/C19H23N/c1-13-6-7-14(2)18(10-13)12-19(20)17-9-8-15-4-3-5-16(15)11-17/h6-11,19H,3-5,12,20H2,1-2H3. The normalized spacial score (nSPS) is 15.2. The first-order valence-corrected chi connectivity index (χ1v) is 7.57. The first-order chi connectivity index (χ1) is 9.63. The monoisotopic (exact) mass is 265 g/mol. The van der Waals surface area contributed by atoms with Crippen LogP contribution in [0, 0.1) is 13.8 Å². The van der Waals surface area contributed by atoms with Gasteiger partial charge in [-0.1, -0.05) is 42.0 Å². The van der Waals surface area contributed by atoms with Gasteiger partial charge in [-0.3, -0.25) is 0 Å². The smallest absolute Gasteiger partial charge is 0.0335 e. The molecule has 0 aliphatic heterocycles. The minimum absolute atomic E-state index is 0.0985. The molecule has 104 valence electrons. The third-order valence-corrected chi connectivity index (χ3v) is 4.50. The summed E-state index contributed by atoms with van der Waals surface area (Å²) in [6.45, 7) is 4.31. The highest BCUT2D eigenvalue weighted by atomic mass is 14.6. The van der Waals surface area contributed by atoms with Gasteiger partial charge in [-0.2, -0.15) is 0 Å². The number of fused-ring (bicyclic) bond motifs is 1. The molecule has 0 aromatic heterocycles. The van der Waals surface area contributed by atoms with Gasteiger partial charge in [0, 0.05) is 6.04 Å². The van der Waals surface area contributed by atoms with Gasteiger partial charge in [0.2, 0.25) is 0 Å². The van der Waals surface area contributed by atoms with Crippen molar-refractivity contribution in [2.24, 2.45) is 5.73 Å². The third kappa shape index (κ3) is 2.64. The van der Waals surface area contributed by atoms with Crippen LogP contribution in [0.4, 0.5) is 0 Å². The molecule has 0 bridgehead atoms. The lowest BCUT2D eigenvalue weighted by Crippen LogP contribution is -2.14. The Kier molecular flexibility index (Phi) is 3.62. The Labute approximate surface area is 121 Å². The lowest BCUT2D eigenvalue weighted by Gasteiger charge is -2.16.